The second-order valence-corrected chi connectivity index (χ2v) is 4.79. The Bertz CT molecular complexity index is 438. The van der Waals surface area contributed by atoms with Crippen molar-refractivity contribution < 1.29 is 4.74 Å². The molecule has 0 radical (unpaired) electrons. The number of ether oxygens (including phenoxy) is 1. The lowest BCUT2D eigenvalue weighted by Crippen LogP contribution is -2.40. The highest BCUT2D eigenvalue weighted by atomic mass is 16.5. The van der Waals surface area contributed by atoms with Crippen molar-refractivity contribution in [1.82, 2.24) is 15.1 Å². The third kappa shape index (κ3) is 4.55. The molecule has 0 aromatic carbocycles. The molecule has 0 saturated heterocycles. The molecule has 0 saturated carbocycles. The molecule has 1 aromatic rings. The fourth-order valence-corrected chi connectivity index (χ4v) is 2.06. The normalized spacial score (nSPS) is 13.6. The van der Waals surface area contributed by atoms with E-state index in [1.54, 1.807) is 7.11 Å². The molecule has 0 spiro atoms. The number of aliphatic imine (C=N–C) groups is 1. The van der Waals surface area contributed by atoms with E-state index in [-0.39, 0.29) is 6.04 Å². The summed E-state index contributed by atoms with van der Waals surface area (Å²) in [6.45, 7) is 7.36. The number of methoxy groups -OCH3 is 1. The molecule has 6 heteroatoms. The molecule has 1 heterocycles. The molecule has 3 N–H and O–H groups in total. The molecule has 1 rings (SSSR count). The zero-order valence-electron chi connectivity index (χ0n) is 12.5. The van der Waals surface area contributed by atoms with Crippen molar-refractivity contribution in [2.24, 2.45) is 17.8 Å². The van der Waals surface area contributed by atoms with Gasteiger partial charge in [-0.2, -0.15) is 5.10 Å². The highest BCUT2D eigenvalue weighted by Crippen LogP contribution is 2.12. The molecule has 0 bridgehead atoms. The standard InChI is InChI=1S/C13H25N5O/c1-9(8-19-5)16-13(14)15-7-6-12-10(2)17-18(4)11(12)3/h9H,6-8H2,1-5H3,(H3,14,15,16). The molecular weight excluding hydrogens is 242 g/mol. The zero-order chi connectivity index (χ0) is 14.4. The minimum absolute atomic E-state index is 0.163. The topological polar surface area (TPSA) is 77.5 Å². The van der Waals surface area contributed by atoms with Crippen LogP contribution in [0.1, 0.15) is 23.9 Å². The monoisotopic (exact) mass is 267 g/mol. The van der Waals surface area contributed by atoms with Crippen LogP contribution in [0, 0.1) is 13.8 Å². The van der Waals surface area contributed by atoms with Crippen LogP contribution in [0.4, 0.5) is 0 Å². The summed E-state index contributed by atoms with van der Waals surface area (Å²) in [6, 6.07) is 0.163. The maximum Gasteiger partial charge on any atom is 0.188 e. The number of guanidine groups is 1. The summed E-state index contributed by atoms with van der Waals surface area (Å²) >= 11 is 0. The van der Waals surface area contributed by atoms with Crippen LogP contribution in [0.25, 0.3) is 0 Å². The van der Waals surface area contributed by atoms with Crippen molar-refractivity contribution in [2.45, 2.75) is 33.2 Å². The van der Waals surface area contributed by atoms with Crippen molar-refractivity contribution in [1.29, 1.82) is 0 Å². The number of nitrogens with one attached hydrogen (secondary N) is 1. The van der Waals surface area contributed by atoms with E-state index in [0.29, 0.717) is 19.1 Å². The Morgan fingerprint density at radius 1 is 1.53 bits per heavy atom. The fourth-order valence-electron chi connectivity index (χ4n) is 2.06. The van der Waals surface area contributed by atoms with Crippen molar-refractivity contribution in [3.05, 3.63) is 17.0 Å². The van der Waals surface area contributed by atoms with Crippen LogP contribution in [0.2, 0.25) is 0 Å². The van der Waals surface area contributed by atoms with Gasteiger partial charge in [-0.3, -0.25) is 9.67 Å². The van der Waals surface area contributed by atoms with Gasteiger partial charge in [-0.1, -0.05) is 0 Å². The lowest BCUT2D eigenvalue weighted by atomic mass is 10.1. The lowest BCUT2D eigenvalue weighted by Gasteiger charge is -2.13. The Labute approximate surface area is 115 Å². The molecule has 0 aliphatic heterocycles. The van der Waals surface area contributed by atoms with E-state index < -0.39 is 0 Å². The quantitative estimate of drug-likeness (QED) is 0.582. The predicted molar refractivity (Wildman–Crippen MR) is 77.3 cm³/mol. The number of nitrogens with two attached hydrogens (primary N) is 1. The zero-order valence-corrected chi connectivity index (χ0v) is 12.5. The largest absolute Gasteiger partial charge is 0.383 e. The van der Waals surface area contributed by atoms with Crippen LogP contribution in [-0.2, 0) is 18.2 Å². The summed E-state index contributed by atoms with van der Waals surface area (Å²) in [7, 11) is 3.62. The smallest absolute Gasteiger partial charge is 0.188 e. The molecule has 6 nitrogen and oxygen atoms in total. The van der Waals surface area contributed by atoms with Crippen LogP contribution in [0.5, 0.6) is 0 Å². The maximum absolute atomic E-state index is 5.81. The first kappa shape index (κ1) is 15.5. The first-order valence-electron chi connectivity index (χ1n) is 6.50. The van der Waals surface area contributed by atoms with E-state index in [1.807, 2.05) is 25.6 Å². The Balaban J connectivity index is 2.48. The van der Waals surface area contributed by atoms with E-state index in [9.17, 15) is 0 Å². The van der Waals surface area contributed by atoms with Gasteiger partial charge < -0.3 is 15.8 Å². The second-order valence-electron chi connectivity index (χ2n) is 4.79. The Kier molecular flexibility index (Phi) is 5.82. The van der Waals surface area contributed by atoms with E-state index in [4.69, 9.17) is 10.5 Å². The minimum atomic E-state index is 0.163. The third-order valence-electron chi connectivity index (χ3n) is 3.11. The van der Waals surface area contributed by atoms with Crippen LogP contribution in [-0.4, -0.2) is 42.0 Å². The van der Waals surface area contributed by atoms with Gasteiger partial charge in [0.25, 0.3) is 0 Å². The second kappa shape index (κ2) is 7.13. The summed E-state index contributed by atoms with van der Waals surface area (Å²) in [5.41, 5.74) is 9.32. The van der Waals surface area contributed by atoms with Gasteiger partial charge in [-0.25, -0.2) is 0 Å². The molecule has 0 fully saturated rings. The van der Waals surface area contributed by atoms with Crippen molar-refractivity contribution >= 4 is 5.96 Å². The highest BCUT2D eigenvalue weighted by molar-refractivity contribution is 5.78. The lowest BCUT2D eigenvalue weighted by molar-refractivity contribution is 0.179. The summed E-state index contributed by atoms with van der Waals surface area (Å²) < 4.78 is 6.93. The highest BCUT2D eigenvalue weighted by Gasteiger charge is 2.08. The number of aromatic nitrogens is 2. The molecule has 108 valence electrons. The van der Waals surface area contributed by atoms with Crippen molar-refractivity contribution in [3.63, 3.8) is 0 Å². The van der Waals surface area contributed by atoms with Gasteiger partial charge in [-0.05, 0) is 32.8 Å². The Hall–Kier alpha value is -1.56. The molecule has 0 aliphatic rings. The number of rotatable bonds is 6. The van der Waals surface area contributed by atoms with Crippen LogP contribution >= 0.6 is 0 Å². The average Bonchev–Trinajstić information content (AvgIpc) is 2.55. The van der Waals surface area contributed by atoms with Crippen LogP contribution in [0.3, 0.4) is 0 Å². The van der Waals surface area contributed by atoms with Crippen molar-refractivity contribution in [3.8, 4) is 0 Å². The summed E-state index contributed by atoms with van der Waals surface area (Å²) in [6.07, 6.45) is 0.854. The van der Waals surface area contributed by atoms with E-state index in [2.05, 4.69) is 22.3 Å². The minimum Gasteiger partial charge on any atom is -0.383 e. The molecule has 0 amide bonds. The first-order valence-corrected chi connectivity index (χ1v) is 6.50. The van der Waals surface area contributed by atoms with Gasteiger partial charge in [0.1, 0.15) is 0 Å². The van der Waals surface area contributed by atoms with Crippen molar-refractivity contribution in [2.75, 3.05) is 20.3 Å². The summed E-state index contributed by atoms with van der Waals surface area (Å²) in [4.78, 5) is 4.32. The van der Waals surface area contributed by atoms with E-state index in [0.717, 1.165) is 12.1 Å². The molecule has 19 heavy (non-hydrogen) atoms. The van der Waals surface area contributed by atoms with Gasteiger partial charge in [-0.15, -0.1) is 0 Å². The predicted octanol–water partition coefficient (Wildman–Crippen LogP) is 0.519. The number of hydrogen-bond acceptors (Lipinski definition) is 3. The molecule has 1 atom stereocenters. The van der Waals surface area contributed by atoms with Crippen LogP contribution < -0.4 is 11.1 Å². The number of aryl methyl sites for hydroxylation is 2. The van der Waals surface area contributed by atoms with Gasteiger partial charge in [0.05, 0.1) is 12.3 Å². The number of hydrogen-bond donors (Lipinski definition) is 2. The third-order valence-corrected chi connectivity index (χ3v) is 3.11. The van der Waals surface area contributed by atoms with Gasteiger partial charge in [0, 0.05) is 32.4 Å². The summed E-state index contributed by atoms with van der Waals surface area (Å²) in [5, 5.41) is 7.47. The maximum atomic E-state index is 5.81. The SMILES string of the molecule is COCC(C)NC(N)=NCCc1c(C)nn(C)c1C. The van der Waals surface area contributed by atoms with Gasteiger partial charge in [0.15, 0.2) is 5.96 Å². The average molecular weight is 267 g/mol. The molecule has 0 aliphatic carbocycles. The van der Waals surface area contributed by atoms with Crippen LogP contribution in [0.15, 0.2) is 4.99 Å². The molecule has 1 unspecified atom stereocenters. The molecule has 1 aromatic heterocycles. The molecular formula is C13H25N5O. The fraction of sp³-hybridized carbons (Fsp3) is 0.692. The van der Waals surface area contributed by atoms with E-state index >= 15 is 0 Å². The van der Waals surface area contributed by atoms with Gasteiger partial charge in [0.2, 0.25) is 0 Å². The first-order chi connectivity index (χ1) is 8.95. The Morgan fingerprint density at radius 3 is 2.74 bits per heavy atom. The van der Waals surface area contributed by atoms with Gasteiger partial charge >= 0.3 is 0 Å². The van der Waals surface area contributed by atoms with E-state index in [1.165, 1.54) is 11.3 Å². The number of nitrogens with zero attached hydrogens (tertiary/aromatic N) is 3. The summed E-state index contributed by atoms with van der Waals surface area (Å²) in [5.74, 6) is 0.462. The Morgan fingerprint density at radius 2 is 2.21 bits per heavy atom.